The molecule has 1 aromatic carbocycles. The maximum Gasteiger partial charge on any atom is 0.314 e. The smallest absolute Gasteiger partial charge is 0.314 e. The molecule has 0 saturated carbocycles. The lowest BCUT2D eigenvalue weighted by Gasteiger charge is -2.04. The second kappa shape index (κ2) is 7.10. The van der Waals surface area contributed by atoms with Crippen molar-refractivity contribution in [1.82, 2.24) is 35.2 Å². The molecule has 0 amide bonds. The van der Waals surface area contributed by atoms with Gasteiger partial charge in [-0.1, -0.05) is 11.3 Å². The Morgan fingerprint density at radius 1 is 1.07 bits per heavy atom. The molecule has 8 nitrogen and oxygen atoms in total. The highest BCUT2D eigenvalue weighted by Crippen LogP contribution is 2.25. The molecule has 0 unspecified atom stereocenters. The third-order valence-electron chi connectivity index (χ3n) is 4.49. The van der Waals surface area contributed by atoms with Crippen LogP contribution in [-0.2, 0) is 6.54 Å². The number of benzene rings is 1. The molecule has 0 radical (unpaired) electrons. The zero-order valence-electron chi connectivity index (χ0n) is 15.1. The molecule has 0 saturated heterocycles. The summed E-state index contributed by atoms with van der Waals surface area (Å²) in [7, 11) is 0. The third kappa shape index (κ3) is 3.30. The Hall–Kier alpha value is -4.02. The molecule has 0 atom stereocenters. The Labute approximate surface area is 166 Å². The van der Waals surface area contributed by atoms with Crippen LogP contribution >= 0.6 is 0 Å². The second-order valence-electron chi connectivity index (χ2n) is 6.49. The van der Waals surface area contributed by atoms with Crippen LogP contribution in [0.4, 0.5) is 13.2 Å². The van der Waals surface area contributed by atoms with Crippen LogP contribution in [0, 0.1) is 5.82 Å². The number of alkyl halides is 2. The zero-order chi connectivity index (χ0) is 20.7. The van der Waals surface area contributed by atoms with Crippen LogP contribution in [0.1, 0.15) is 17.9 Å². The summed E-state index contributed by atoms with van der Waals surface area (Å²) in [6.45, 7) is 0.130. The average molecular weight is 411 g/mol. The predicted molar refractivity (Wildman–Crippen MR) is 98.9 cm³/mol. The van der Waals surface area contributed by atoms with Crippen molar-refractivity contribution >= 4 is 11.0 Å². The summed E-state index contributed by atoms with van der Waals surface area (Å²) in [6.07, 6.45) is 2.29. The zero-order valence-corrected chi connectivity index (χ0v) is 15.1. The first-order chi connectivity index (χ1) is 14.6. The standard InChI is InChI=1S/C19H12F3N7O/c20-14-6-11(18-26-27-19(30-18)16(21)22)1-2-12(14)8-29-9-15(25-28-29)13-5-10-3-4-23-17(10)24-7-13/h1-7,9,16H,8H2,(H,23,24). The number of halogens is 3. The molecular weight excluding hydrogens is 399 g/mol. The molecule has 4 heterocycles. The number of aromatic nitrogens is 7. The first kappa shape index (κ1) is 18.0. The molecular formula is C19H12F3N7O. The van der Waals surface area contributed by atoms with E-state index in [1.54, 1.807) is 18.6 Å². The summed E-state index contributed by atoms with van der Waals surface area (Å²) >= 11 is 0. The Morgan fingerprint density at radius 2 is 1.97 bits per heavy atom. The molecule has 11 heteroatoms. The SMILES string of the molecule is Fc1cc(-c2nnc(C(F)F)o2)ccc1Cn1cc(-c2cnc3[nH]ccc3c2)nn1. The van der Waals surface area contributed by atoms with Gasteiger partial charge in [-0.05, 0) is 24.3 Å². The normalized spacial score (nSPS) is 11.6. The van der Waals surface area contributed by atoms with E-state index in [0.29, 0.717) is 11.3 Å². The maximum atomic E-state index is 14.5. The fourth-order valence-electron chi connectivity index (χ4n) is 3.01. The van der Waals surface area contributed by atoms with E-state index in [4.69, 9.17) is 4.42 Å². The summed E-state index contributed by atoms with van der Waals surface area (Å²) in [5.41, 5.74) is 2.71. The van der Waals surface area contributed by atoms with Gasteiger partial charge in [-0.15, -0.1) is 15.3 Å². The van der Waals surface area contributed by atoms with Crippen molar-refractivity contribution in [2.45, 2.75) is 13.0 Å². The Bertz CT molecular complexity index is 1340. The first-order valence-corrected chi connectivity index (χ1v) is 8.81. The van der Waals surface area contributed by atoms with E-state index >= 15 is 0 Å². The number of pyridine rings is 1. The molecule has 0 aliphatic heterocycles. The van der Waals surface area contributed by atoms with E-state index in [1.807, 2.05) is 12.1 Å². The van der Waals surface area contributed by atoms with Crippen molar-refractivity contribution in [3.8, 4) is 22.7 Å². The molecule has 0 aliphatic carbocycles. The summed E-state index contributed by atoms with van der Waals surface area (Å²) in [4.78, 5) is 7.34. The van der Waals surface area contributed by atoms with Gasteiger partial charge in [0.15, 0.2) is 0 Å². The Kier molecular flexibility index (Phi) is 4.27. The lowest BCUT2D eigenvalue weighted by atomic mass is 10.1. The van der Waals surface area contributed by atoms with E-state index in [1.165, 1.54) is 16.8 Å². The van der Waals surface area contributed by atoms with Crippen LogP contribution in [0.15, 0.2) is 53.3 Å². The van der Waals surface area contributed by atoms with Crippen molar-refractivity contribution < 1.29 is 17.6 Å². The van der Waals surface area contributed by atoms with Gasteiger partial charge >= 0.3 is 6.43 Å². The fourth-order valence-corrected chi connectivity index (χ4v) is 3.01. The predicted octanol–water partition coefficient (Wildman–Crippen LogP) is 4.00. The Morgan fingerprint density at radius 3 is 2.77 bits per heavy atom. The van der Waals surface area contributed by atoms with Gasteiger partial charge in [0, 0.05) is 34.5 Å². The molecule has 150 valence electrons. The van der Waals surface area contributed by atoms with Crippen LogP contribution in [0.3, 0.4) is 0 Å². The summed E-state index contributed by atoms with van der Waals surface area (Å²) in [6, 6.07) is 8.01. The molecule has 0 bridgehead atoms. The molecule has 4 aromatic heterocycles. The van der Waals surface area contributed by atoms with Gasteiger partial charge in [0.25, 0.3) is 5.89 Å². The van der Waals surface area contributed by atoms with E-state index in [-0.39, 0.29) is 18.0 Å². The molecule has 30 heavy (non-hydrogen) atoms. The van der Waals surface area contributed by atoms with Gasteiger partial charge in [-0.3, -0.25) is 0 Å². The molecule has 0 spiro atoms. The largest absolute Gasteiger partial charge is 0.415 e. The lowest BCUT2D eigenvalue weighted by Crippen LogP contribution is -2.03. The summed E-state index contributed by atoms with van der Waals surface area (Å²) in [5.74, 6) is -1.54. The quantitative estimate of drug-likeness (QED) is 0.470. The average Bonchev–Trinajstić information content (AvgIpc) is 3.49. The highest BCUT2D eigenvalue weighted by atomic mass is 19.3. The minimum absolute atomic E-state index is 0.130. The van der Waals surface area contributed by atoms with Crippen LogP contribution < -0.4 is 0 Å². The third-order valence-corrected chi connectivity index (χ3v) is 4.49. The fraction of sp³-hybridized carbons (Fsp3) is 0.105. The molecule has 0 fully saturated rings. The number of H-pyrrole nitrogens is 1. The van der Waals surface area contributed by atoms with E-state index in [2.05, 4.69) is 30.5 Å². The number of nitrogens with zero attached hydrogens (tertiary/aromatic N) is 6. The topological polar surface area (TPSA) is 98.3 Å². The van der Waals surface area contributed by atoms with Crippen molar-refractivity contribution in [3.63, 3.8) is 0 Å². The van der Waals surface area contributed by atoms with Gasteiger partial charge in [0.05, 0.1) is 12.7 Å². The minimum atomic E-state index is -2.88. The van der Waals surface area contributed by atoms with E-state index in [0.717, 1.165) is 22.7 Å². The van der Waals surface area contributed by atoms with Crippen molar-refractivity contribution in [2.24, 2.45) is 0 Å². The number of hydrogen-bond acceptors (Lipinski definition) is 6. The highest BCUT2D eigenvalue weighted by Gasteiger charge is 2.18. The van der Waals surface area contributed by atoms with Crippen LogP contribution in [-0.4, -0.2) is 35.2 Å². The molecule has 5 rings (SSSR count). The van der Waals surface area contributed by atoms with Crippen molar-refractivity contribution in [1.29, 1.82) is 0 Å². The lowest BCUT2D eigenvalue weighted by molar-refractivity contribution is 0.116. The first-order valence-electron chi connectivity index (χ1n) is 8.81. The summed E-state index contributed by atoms with van der Waals surface area (Å²) in [5, 5.41) is 15.9. The monoisotopic (exact) mass is 411 g/mol. The van der Waals surface area contributed by atoms with E-state index < -0.39 is 18.1 Å². The van der Waals surface area contributed by atoms with Crippen LogP contribution in [0.25, 0.3) is 33.7 Å². The van der Waals surface area contributed by atoms with Crippen LogP contribution in [0.5, 0.6) is 0 Å². The van der Waals surface area contributed by atoms with Crippen molar-refractivity contribution in [2.75, 3.05) is 0 Å². The van der Waals surface area contributed by atoms with Crippen LogP contribution in [0.2, 0.25) is 0 Å². The molecule has 1 N–H and O–H groups in total. The van der Waals surface area contributed by atoms with Gasteiger partial charge in [0.2, 0.25) is 5.89 Å². The number of aromatic amines is 1. The van der Waals surface area contributed by atoms with Gasteiger partial charge in [-0.2, -0.15) is 8.78 Å². The number of nitrogens with one attached hydrogen (secondary N) is 1. The number of fused-ring (bicyclic) bond motifs is 1. The Balaban J connectivity index is 1.36. The summed E-state index contributed by atoms with van der Waals surface area (Å²) < 4.78 is 46.0. The molecule has 0 aliphatic rings. The minimum Gasteiger partial charge on any atom is -0.415 e. The van der Waals surface area contributed by atoms with Crippen molar-refractivity contribution in [3.05, 3.63) is 66.2 Å². The van der Waals surface area contributed by atoms with Gasteiger partial charge in [-0.25, -0.2) is 14.1 Å². The maximum absolute atomic E-state index is 14.5. The molecule has 5 aromatic rings. The van der Waals surface area contributed by atoms with E-state index in [9.17, 15) is 13.2 Å². The number of hydrogen-bond donors (Lipinski definition) is 1. The highest BCUT2D eigenvalue weighted by molar-refractivity contribution is 5.80. The number of rotatable bonds is 5. The second-order valence-corrected chi connectivity index (χ2v) is 6.49. The van der Waals surface area contributed by atoms with Gasteiger partial charge < -0.3 is 9.40 Å². The van der Waals surface area contributed by atoms with Gasteiger partial charge in [0.1, 0.15) is 17.2 Å².